The van der Waals surface area contributed by atoms with Gasteiger partial charge in [-0.1, -0.05) is 11.6 Å². The maximum atomic E-state index is 11.2. The van der Waals surface area contributed by atoms with E-state index in [1.165, 1.54) is 6.20 Å². The Morgan fingerprint density at radius 2 is 2.08 bits per heavy atom. The largest absolute Gasteiger partial charge is 0.477 e. The number of aromatic nitrogens is 3. The van der Waals surface area contributed by atoms with E-state index in [9.17, 15) is 10.1 Å². The molecule has 0 radical (unpaired) electrons. The third-order valence-corrected chi connectivity index (χ3v) is 4.59. The molecule has 0 saturated carbocycles. The van der Waals surface area contributed by atoms with E-state index in [4.69, 9.17) is 16.7 Å². The lowest BCUT2D eigenvalue weighted by Crippen LogP contribution is -1.94. The number of carbonyl (C=O) groups is 1. The molecule has 0 aliphatic heterocycles. The summed E-state index contributed by atoms with van der Waals surface area (Å²) >= 11 is 6.89. The Labute approximate surface area is 146 Å². The van der Waals surface area contributed by atoms with Crippen LogP contribution in [0, 0.1) is 18.3 Å². The van der Waals surface area contributed by atoms with Crippen LogP contribution in [0.5, 0.6) is 0 Å². The molecule has 3 aromatic heterocycles. The van der Waals surface area contributed by atoms with Crippen molar-refractivity contribution in [2.75, 3.05) is 0 Å². The van der Waals surface area contributed by atoms with Crippen molar-refractivity contribution in [2.45, 2.75) is 6.92 Å². The molecule has 6 nitrogen and oxygen atoms in total. The average molecular weight is 357 g/mol. The van der Waals surface area contributed by atoms with Crippen LogP contribution < -0.4 is 0 Å². The van der Waals surface area contributed by atoms with Crippen LogP contribution in [-0.4, -0.2) is 26.0 Å². The number of pyridine rings is 2. The van der Waals surface area contributed by atoms with E-state index in [-0.39, 0.29) is 10.6 Å². The molecular formula is C16H9ClN4O2S. The first-order valence-electron chi connectivity index (χ1n) is 6.73. The van der Waals surface area contributed by atoms with Gasteiger partial charge in [-0.3, -0.25) is 4.98 Å². The van der Waals surface area contributed by atoms with Gasteiger partial charge in [-0.05, 0) is 31.2 Å². The number of carboxylic acids is 1. The number of rotatable bonds is 3. The lowest BCUT2D eigenvalue weighted by Gasteiger charge is -2.04. The predicted molar refractivity (Wildman–Crippen MR) is 90.0 cm³/mol. The van der Waals surface area contributed by atoms with Crippen LogP contribution >= 0.6 is 22.9 Å². The highest BCUT2D eigenvalue weighted by Gasteiger charge is 2.16. The van der Waals surface area contributed by atoms with E-state index >= 15 is 0 Å². The molecule has 0 atom stereocenters. The Kier molecular flexibility index (Phi) is 4.25. The summed E-state index contributed by atoms with van der Waals surface area (Å²) in [5.41, 5.74) is 2.30. The van der Waals surface area contributed by atoms with Gasteiger partial charge < -0.3 is 5.11 Å². The number of hydrogen-bond acceptors (Lipinski definition) is 6. The van der Waals surface area contributed by atoms with Gasteiger partial charge in [0.1, 0.15) is 21.6 Å². The zero-order valence-electron chi connectivity index (χ0n) is 12.3. The summed E-state index contributed by atoms with van der Waals surface area (Å²) in [6, 6.07) is 8.68. The molecule has 0 fully saturated rings. The van der Waals surface area contributed by atoms with E-state index in [0.29, 0.717) is 32.7 Å². The van der Waals surface area contributed by atoms with Crippen molar-refractivity contribution in [3.63, 3.8) is 0 Å². The highest BCUT2D eigenvalue weighted by atomic mass is 35.5. The maximum Gasteiger partial charge on any atom is 0.347 e. The van der Waals surface area contributed by atoms with Crippen LogP contribution in [0.3, 0.4) is 0 Å². The summed E-state index contributed by atoms with van der Waals surface area (Å²) in [6.07, 6.45) is 1.49. The van der Waals surface area contributed by atoms with Crippen molar-refractivity contribution in [3.8, 4) is 28.0 Å². The molecule has 3 heterocycles. The van der Waals surface area contributed by atoms with Crippen LogP contribution in [-0.2, 0) is 0 Å². The fourth-order valence-electron chi connectivity index (χ4n) is 2.09. The van der Waals surface area contributed by atoms with Crippen molar-refractivity contribution >= 4 is 28.9 Å². The molecule has 3 aromatic rings. The Morgan fingerprint density at radius 3 is 2.67 bits per heavy atom. The normalized spacial score (nSPS) is 10.4. The molecule has 118 valence electrons. The zero-order chi connectivity index (χ0) is 17.3. The number of halogens is 1. The lowest BCUT2D eigenvalue weighted by molar-refractivity contribution is 0.0701. The van der Waals surface area contributed by atoms with Crippen LogP contribution in [0.4, 0.5) is 0 Å². The number of thiazole rings is 1. The maximum absolute atomic E-state index is 11.2. The topological polar surface area (TPSA) is 99.8 Å². The first-order valence-corrected chi connectivity index (χ1v) is 7.92. The van der Waals surface area contributed by atoms with Crippen molar-refractivity contribution in [1.29, 1.82) is 5.26 Å². The first kappa shape index (κ1) is 16.1. The van der Waals surface area contributed by atoms with Gasteiger partial charge in [0, 0.05) is 11.8 Å². The van der Waals surface area contributed by atoms with Gasteiger partial charge in [-0.2, -0.15) is 5.26 Å². The number of nitrogens with zero attached hydrogens (tertiary/aromatic N) is 4. The molecular weight excluding hydrogens is 348 g/mol. The Hall–Kier alpha value is -2.82. The molecule has 1 N–H and O–H groups in total. The fourth-order valence-corrected chi connectivity index (χ4v) is 3.09. The molecule has 24 heavy (non-hydrogen) atoms. The van der Waals surface area contributed by atoms with Crippen molar-refractivity contribution in [1.82, 2.24) is 15.0 Å². The Morgan fingerprint density at radius 1 is 1.29 bits per heavy atom. The number of hydrogen-bond donors (Lipinski definition) is 1. The second-order valence-electron chi connectivity index (χ2n) is 4.84. The Bertz CT molecular complexity index is 977. The summed E-state index contributed by atoms with van der Waals surface area (Å²) in [7, 11) is 0. The standard InChI is InChI=1S/C16H9ClN4O2S/c1-8-14(16(22)23)24-15(20-8)9-4-11(6-18)21-13(5-9)12-3-2-10(17)7-19-12/h2-5,7H,1H3,(H,22,23). The van der Waals surface area contributed by atoms with Crippen molar-refractivity contribution < 1.29 is 9.90 Å². The summed E-state index contributed by atoms with van der Waals surface area (Å²) in [5, 5.41) is 19.4. The summed E-state index contributed by atoms with van der Waals surface area (Å²) in [6.45, 7) is 1.64. The third-order valence-electron chi connectivity index (χ3n) is 3.17. The van der Waals surface area contributed by atoms with Gasteiger partial charge in [-0.25, -0.2) is 14.8 Å². The van der Waals surface area contributed by atoms with E-state index in [0.717, 1.165) is 11.3 Å². The van der Waals surface area contributed by atoms with E-state index in [2.05, 4.69) is 15.0 Å². The molecule has 0 spiro atoms. The number of nitriles is 1. The molecule has 0 aliphatic carbocycles. The molecule has 8 heteroatoms. The highest BCUT2D eigenvalue weighted by molar-refractivity contribution is 7.17. The number of aromatic carboxylic acids is 1. The average Bonchev–Trinajstić information content (AvgIpc) is 2.97. The van der Waals surface area contributed by atoms with Crippen LogP contribution in [0.15, 0.2) is 30.5 Å². The molecule has 0 aromatic carbocycles. The molecule has 3 rings (SSSR count). The second-order valence-corrected chi connectivity index (χ2v) is 6.27. The minimum absolute atomic E-state index is 0.173. The fraction of sp³-hybridized carbons (Fsp3) is 0.0625. The summed E-state index contributed by atoms with van der Waals surface area (Å²) < 4.78 is 0. The van der Waals surface area contributed by atoms with Crippen molar-refractivity contribution in [3.05, 3.63) is 51.7 Å². The SMILES string of the molecule is Cc1nc(-c2cc(C#N)nc(-c3ccc(Cl)cn3)c2)sc1C(=O)O. The monoisotopic (exact) mass is 356 g/mol. The van der Waals surface area contributed by atoms with Gasteiger partial charge in [0.15, 0.2) is 0 Å². The molecule has 0 saturated heterocycles. The van der Waals surface area contributed by atoms with Crippen LogP contribution in [0.1, 0.15) is 21.1 Å². The zero-order valence-corrected chi connectivity index (χ0v) is 13.9. The van der Waals surface area contributed by atoms with Crippen molar-refractivity contribution in [2.24, 2.45) is 0 Å². The molecule has 0 unspecified atom stereocenters. The third kappa shape index (κ3) is 3.11. The Balaban J connectivity index is 2.14. The minimum atomic E-state index is -1.02. The summed E-state index contributed by atoms with van der Waals surface area (Å²) in [4.78, 5) is 24.1. The second kappa shape index (κ2) is 6.35. The molecule has 0 amide bonds. The molecule has 0 bridgehead atoms. The predicted octanol–water partition coefficient (Wildman–Crippen LogP) is 3.80. The van der Waals surface area contributed by atoms with E-state index in [1.807, 2.05) is 6.07 Å². The van der Waals surface area contributed by atoms with E-state index < -0.39 is 5.97 Å². The minimum Gasteiger partial charge on any atom is -0.477 e. The van der Waals surface area contributed by atoms with Gasteiger partial charge in [-0.15, -0.1) is 11.3 Å². The first-order chi connectivity index (χ1) is 11.5. The van der Waals surface area contributed by atoms with E-state index in [1.54, 1.807) is 31.2 Å². The van der Waals surface area contributed by atoms with Crippen LogP contribution in [0.25, 0.3) is 22.0 Å². The molecule has 0 aliphatic rings. The van der Waals surface area contributed by atoms with Gasteiger partial charge in [0.05, 0.1) is 22.1 Å². The smallest absolute Gasteiger partial charge is 0.347 e. The summed E-state index contributed by atoms with van der Waals surface area (Å²) in [5.74, 6) is -1.02. The van der Waals surface area contributed by atoms with Gasteiger partial charge in [0.2, 0.25) is 0 Å². The quantitative estimate of drug-likeness (QED) is 0.766. The van der Waals surface area contributed by atoms with Crippen LogP contribution in [0.2, 0.25) is 5.02 Å². The number of carboxylic acid groups (broad SMARTS) is 1. The highest BCUT2D eigenvalue weighted by Crippen LogP contribution is 2.30. The van der Waals surface area contributed by atoms with Gasteiger partial charge >= 0.3 is 5.97 Å². The lowest BCUT2D eigenvalue weighted by atomic mass is 10.1. The van der Waals surface area contributed by atoms with Gasteiger partial charge in [0.25, 0.3) is 0 Å². The number of aryl methyl sites for hydroxylation is 1.